The molecule has 0 saturated carbocycles. The summed E-state index contributed by atoms with van der Waals surface area (Å²) in [4.78, 5) is 33.3. The number of carbonyl (C=O) groups is 1. The lowest BCUT2D eigenvalue weighted by Gasteiger charge is -2.34. The van der Waals surface area contributed by atoms with Crippen LogP contribution in [-0.2, 0) is 6.18 Å². The number of nitrogens with zero attached hydrogens (tertiary/aromatic N) is 5. The first kappa shape index (κ1) is 21.5. The van der Waals surface area contributed by atoms with Gasteiger partial charge in [0.15, 0.2) is 11.9 Å². The molecule has 1 fully saturated rings. The van der Waals surface area contributed by atoms with Gasteiger partial charge in [-0.05, 0) is 12.1 Å². The third-order valence-corrected chi connectivity index (χ3v) is 4.73. The minimum absolute atomic E-state index is 0.0705. The Balaban J connectivity index is 1.60. The Morgan fingerprint density at radius 3 is 2.37 bits per heavy atom. The number of aliphatic hydroxyl groups is 1. The summed E-state index contributed by atoms with van der Waals surface area (Å²) in [6.45, 7) is 2.30. The zero-order valence-corrected chi connectivity index (χ0v) is 15.7. The van der Waals surface area contributed by atoms with E-state index in [1.165, 1.54) is 24.0 Å². The summed E-state index contributed by atoms with van der Waals surface area (Å²) in [5.74, 6) is -0.486. The maximum atomic E-state index is 12.6. The number of furan rings is 1. The second kappa shape index (κ2) is 8.26. The molecule has 162 valence electrons. The summed E-state index contributed by atoms with van der Waals surface area (Å²) in [7, 11) is 0. The maximum Gasteiger partial charge on any atom is 0.419 e. The van der Waals surface area contributed by atoms with Gasteiger partial charge in [0.2, 0.25) is 12.0 Å². The molecule has 0 aromatic carbocycles. The van der Waals surface area contributed by atoms with Gasteiger partial charge in [0.05, 0.1) is 5.56 Å². The van der Waals surface area contributed by atoms with Gasteiger partial charge in [-0.2, -0.15) is 13.2 Å². The van der Waals surface area contributed by atoms with Gasteiger partial charge in [0.25, 0.3) is 5.91 Å². The third-order valence-electron chi connectivity index (χ3n) is 4.73. The fourth-order valence-electron chi connectivity index (χ4n) is 2.88. The van der Waals surface area contributed by atoms with E-state index in [0.717, 1.165) is 0 Å². The number of hydrogen-bond donors (Lipinski definition) is 1. The summed E-state index contributed by atoms with van der Waals surface area (Å²) in [6.07, 6.45) is -4.59. The van der Waals surface area contributed by atoms with Crippen LogP contribution in [0.1, 0.15) is 34.9 Å². The van der Waals surface area contributed by atoms with Crippen LogP contribution in [-0.4, -0.2) is 63.0 Å². The largest absolute Gasteiger partial charge is 0.453 e. The molecular formula is C17H18F3N5O5. The molecular weight excluding hydrogens is 411 g/mol. The first-order valence-electron chi connectivity index (χ1n) is 8.92. The van der Waals surface area contributed by atoms with Crippen molar-refractivity contribution < 1.29 is 32.4 Å². The van der Waals surface area contributed by atoms with Crippen molar-refractivity contribution in [3.05, 3.63) is 51.7 Å². The summed E-state index contributed by atoms with van der Waals surface area (Å²) in [6, 6.07) is 1.34. The van der Waals surface area contributed by atoms with Gasteiger partial charge in [-0.15, -0.1) is 0 Å². The number of anilines is 1. The second-order valence-electron chi connectivity index (χ2n) is 6.72. The lowest BCUT2D eigenvalue weighted by Crippen LogP contribution is -2.49. The van der Waals surface area contributed by atoms with Crippen molar-refractivity contribution in [1.82, 2.24) is 14.9 Å². The van der Waals surface area contributed by atoms with Crippen LogP contribution < -0.4 is 4.90 Å². The highest BCUT2D eigenvalue weighted by molar-refractivity contribution is 5.91. The molecule has 3 heterocycles. The quantitative estimate of drug-likeness (QED) is 0.563. The fraction of sp³-hybridized carbons (Fsp3) is 0.471. The summed E-state index contributed by atoms with van der Waals surface area (Å²) >= 11 is 0. The highest BCUT2D eigenvalue weighted by atomic mass is 19.4. The van der Waals surface area contributed by atoms with Crippen LogP contribution in [0.2, 0.25) is 0 Å². The molecule has 1 amide bonds. The van der Waals surface area contributed by atoms with E-state index in [4.69, 9.17) is 4.42 Å². The molecule has 2 unspecified atom stereocenters. The molecule has 3 rings (SSSR count). The number of aromatic nitrogens is 2. The third kappa shape index (κ3) is 4.50. The molecule has 1 aliphatic rings. The maximum absolute atomic E-state index is 12.6. The van der Waals surface area contributed by atoms with Crippen molar-refractivity contribution in [3.8, 4) is 0 Å². The number of hydrogen-bond acceptors (Lipinski definition) is 8. The van der Waals surface area contributed by atoms with Crippen LogP contribution in [0.4, 0.5) is 19.1 Å². The summed E-state index contributed by atoms with van der Waals surface area (Å²) in [5, 5.41) is 20.7. The van der Waals surface area contributed by atoms with Gasteiger partial charge in [-0.1, -0.05) is 0 Å². The van der Waals surface area contributed by atoms with E-state index in [0.29, 0.717) is 25.5 Å². The van der Waals surface area contributed by atoms with Gasteiger partial charge in [0, 0.05) is 50.4 Å². The predicted molar refractivity (Wildman–Crippen MR) is 95.3 cm³/mol. The number of nitro groups is 1. The minimum atomic E-state index is -4.52. The molecule has 1 saturated heterocycles. The SMILES string of the molecule is CC(C(O)c1ccc(C(=O)N2CCN(c3ncc(C(F)(F)F)cn3)CC2)o1)[N+](=O)[O-]. The highest BCUT2D eigenvalue weighted by Gasteiger charge is 2.33. The van der Waals surface area contributed by atoms with Crippen molar-refractivity contribution in [2.24, 2.45) is 0 Å². The van der Waals surface area contributed by atoms with Gasteiger partial charge in [0.1, 0.15) is 5.76 Å². The van der Waals surface area contributed by atoms with Crippen LogP contribution in [0, 0.1) is 10.1 Å². The molecule has 13 heteroatoms. The molecule has 0 radical (unpaired) electrons. The Bertz CT molecular complexity index is 909. The Hall–Kier alpha value is -3.22. The lowest BCUT2D eigenvalue weighted by molar-refractivity contribution is -0.531. The molecule has 0 aliphatic carbocycles. The van der Waals surface area contributed by atoms with Crippen LogP contribution in [0.3, 0.4) is 0 Å². The fourth-order valence-corrected chi connectivity index (χ4v) is 2.88. The van der Waals surface area contributed by atoms with E-state index in [1.54, 1.807) is 4.90 Å². The summed E-state index contributed by atoms with van der Waals surface area (Å²) < 4.78 is 43.1. The van der Waals surface area contributed by atoms with Crippen molar-refractivity contribution >= 4 is 11.9 Å². The van der Waals surface area contributed by atoms with Crippen molar-refractivity contribution in [2.75, 3.05) is 31.1 Å². The van der Waals surface area contributed by atoms with E-state index >= 15 is 0 Å². The minimum Gasteiger partial charge on any atom is -0.453 e. The monoisotopic (exact) mass is 429 g/mol. The number of aliphatic hydroxyl groups excluding tert-OH is 1. The number of piperazine rings is 1. The van der Waals surface area contributed by atoms with Crippen LogP contribution in [0.5, 0.6) is 0 Å². The van der Waals surface area contributed by atoms with Gasteiger partial charge in [-0.3, -0.25) is 14.9 Å². The van der Waals surface area contributed by atoms with Crippen LogP contribution in [0.25, 0.3) is 0 Å². The smallest absolute Gasteiger partial charge is 0.419 e. The van der Waals surface area contributed by atoms with E-state index in [2.05, 4.69) is 9.97 Å². The molecule has 2 atom stereocenters. The zero-order valence-electron chi connectivity index (χ0n) is 15.7. The molecule has 0 bridgehead atoms. The molecule has 2 aromatic rings. The van der Waals surface area contributed by atoms with Crippen LogP contribution in [0.15, 0.2) is 28.9 Å². The van der Waals surface area contributed by atoms with E-state index in [1.807, 2.05) is 0 Å². The molecule has 1 N–H and O–H groups in total. The first-order chi connectivity index (χ1) is 14.1. The first-order valence-corrected chi connectivity index (χ1v) is 8.92. The Morgan fingerprint density at radius 2 is 1.83 bits per heavy atom. The van der Waals surface area contributed by atoms with Crippen molar-refractivity contribution in [1.29, 1.82) is 0 Å². The Kier molecular flexibility index (Phi) is 5.92. The Labute approximate surface area is 168 Å². The van der Waals surface area contributed by atoms with Gasteiger partial charge in [-0.25, -0.2) is 9.97 Å². The number of alkyl halides is 3. The molecule has 30 heavy (non-hydrogen) atoms. The molecule has 1 aliphatic heterocycles. The number of halogens is 3. The summed E-state index contributed by atoms with van der Waals surface area (Å²) in [5.41, 5.74) is -0.942. The molecule has 10 nitrogen and oxygen atoms in total. The highest BCUT2D eigenvalue weighted by Crippen LogP contribution is 2.28. The normalized spacial score (nSPS) is 17.0. The standard InChI is InChI=1S/C17H18F3N5O5/c1-10(25(28)29)14(26)12-2-3-13(30-12)15(27)23-4-6-24(7-5-23)16-21-8-11(9-22-16)17(18,19)20/h2-3,8-10,14,26H,4-7H2,1H3. The average Bonchev–Trinajstić information content (AvgIpc) is 3.22. The zero-order chi connectivity index (χ0) is 22.1. The van der Waals surface area contributed by atoms with Crippen molar-refractivity contribution in [2.45, 2.75) is 25.2 Å². The molecule has 0 spiro atoms. The average molecular weight is 429 g/mol. The lowest BCUT2D eigenvalue weighted by atomic mass is 10.1. The number of carbonyl (C=O) groups excluding carboxylic acids is 1. The molecule has 2 aromatic heterocycles. The van der Waals surface area contributed by atoms with E-state index in [9.17, 15) is 33.2 Å². The van der Waals surface area contributed by atoms with Gasteiger partial charge < -0.3 is 19.3 Å². The van der Waals surface area contributed by atoms with E-state index < -0.39 is 34.7 Å². The van der Waals surface area contributed by atoms with Crippen LogP contribution >= 0.6 is 0 Å². The second-order valence-corrected chi connectivity index (χ2v) is 6.72. The topological polar surface area (TPSA) is 126 Å². The van der Waals surface area contributed by atoms with Gasteiger partial charge >= 0.3 is 6.18 Å². The number of rotatable bonds is 5. The van der Waals surface area contributed by atoms with Crippen molar-refractivity contribution in [3.63, 3.8) is 0 Å². The predicted octanol–water partition coefficient (Wildman–Crippen LogP) is 1.75. The Morgan fingerprint density at radius 1 is 1.23 bits per heavy atom. The van der Waals surface area contributed by atoms with E-state index in [-0.39, 0.29) is 30.6 Å². The number of amides is 1.